The Balaban J connectivity index is 2.07. The molecular weight excluding hydrogens is 349 g/mol. The zero-order valence-corrected chi connectivity index (χ0v) is 15.6. The van der Waals surface area contributed by atoms with Crippen LogP contribution in [0, 0.1) is 0 Å². The average molecular weight is 369 g/mol. The van der Waals surface area contributed by atoms with E-state index in [1.807, 2.05) is 0 Å². The Bertz CT molecular complexity index is 740. The Labute approximate surface area is 146 Å². The SMILES string of the molecule is C1=C[CH]([Ge]([c]2ccccc2)([c]2ccccc2)[c]2ccccc2)C=C1. The van der Waals surface area contributed by atoms with Crippen LogP contribution >= 0.6 is 0 Å². The van der Waals surface area contributed by atoms with E-state index in [1.165, 1.54) is 13.2 Å². The van der Waals surface area contributed by atoms with E-state index in [0.717, 1.165) is 0 Å². The van der Waals surface area contributed by atoms with Gasteiger partial charge in [0.2, 0.25) is 0 Å². The molecule has 0 fully saturated rings. The number of hydrogen-bond acceptors (Lipinski definition) is 0. The maximum absolute atomic E-state index is 2.85. The summed E-state index contributed by atoms with van der Waals surface area (Å²) < 4.78 is 5.01. The van der Waals surface area contributed by atoms with E-state index < -0.39 is 13.3 Å². The predicted molar refractivity (Wildman–Crippen MR) is 106 cm³/mol. The summed E-state index contributed by atoms with van der Waals surface area (Å²) >= 11 is -2.85. The molecule has 116 valence electrons. The van der Waals surface area contributed by atoms with Gasteiger partial charge in [-0.05, 0) is 0 Å². The van der Waals surface area contributed by atoms with Gasteiger partial charge in [-0.3, -0.25) is 0 Å². The normalized spacial score (nSPS) is 14.2. The van der Waals surface area contributed by atoms with Gasteiger partial charge in [-0.2, -0.15) is 0 Å². The van der Waals surface area contributed by atoms with E-state index in [0.29, 0.717) is 4.75 Å². The van der Waals surface area contributed by atoms with Crippen molar-refractivity contribution in [1.29, 1.82) is 0 Å². The Hall–Kier alpha value is -2.32. The zero-order chi connectivity index (χ0) is 16.2. The first kappa shape index (κ1) is 15.2. The summed E-state index contributed by atoms with van der Waals surface area (Å²) in [6.45, 7) is 0. The van der Waals surface area contributed by atoms with E-state index >= 15 is 0 Å². The van der Waals surface area contributed by atoms with Crippen LogP contribution in [0.25, 0.3) is 0 Å². The van der Waals surface area contributed by atoms with Gasteiger partial charge >= 0.3 is 147 Å². The molecule has 0 atom stereocenters. The molecule has 0 unspecified atom stereocenters. The van der Waals surface area contributed by atoms with E-state index in [4.69, 9.17) is 0 Å². The van der Waals surface area contributed by atoms with Crippen molar-refractivity contribution in [3.05, 3.63) is 115 Å². The summed E-state index contributed by atoms with van der Waals surface area (Å²) in [6, 6.07) is 33.5. The van der Waals surface area contributed by atoms with Crippen molar-refractivity contribution < 1.29 is 0 Å². The number of allylic oxidation sites excluding steroid dienone is 4. The molecule has 0 aromatic heterocycles. The fourth-order valence-electron chi connectivity index (χ4n) is 3.90. The maximum atomic E-state index is 2.40. The molecule has 0 N–H and O–H groups in total. The quantitative estimate of drug-likeness (QED) is 0.616. The standard InChI is InChI=1S/C23H20Ge/c1-4-12-20(13-5-1)24(23-18-10-11-19-23,21-14-6-2-7-15-21)22-16-8-3-9-17-22/h1-19,23H. The van der Waals surface area contributed by atoms with Gasteiger partial charge in [-0.15, -0.1) is 0 Å². The van der Waals surface area contributed by atoms with Crippen LogP contribution in [0.15, 0.2) is 115 Å². The molecule has 3 aromatic carbocycles. The summed E-state index contributed by atoms with van der Waals surface area (Å²) in [6.07, 6.45) is 9.21. The second-order valence-electron chi connectivity index (χ2n) is 6.20. The number of benzene rings is 3. The summed E-state index contributed by atoms with van der Waals surface area (Å²) in [7, 11) is 0. The Kier molecular flexibility index (Phi) is 4.23. The fraction of sp³-hybridized carbons (Fsp3) is 0.0435. The van der Waals surface area contributed by atoms with E-state index in [-0.39, 0.29) is 0 Å². The first-order valence-corrected chi connectivity index (χ1v) is 12.8. The van der Waals surface area contributed by atoms with E-state index in [1.54, 1.807) is 0 Å². The van der Waals surface area contributed by atoms with Gasteiger partial charge in [0.15, 0.2) is 0 Å². The Morgan fingerprint density at radius 3 is 1.12 bits per heavy atom. The molecule has 0 bridgehead atoms. The van der Waals surface area contributed by atoms with E-state index in [9.17, 15) is 0 Å². The van der Waals surface area contributed by atoms with Crippen molar-refractivity contribution in [2.45, 2.75) is 4.75 Å². The molecule has 3 aromatic rings. The van der Waals surface area contributed by atoms with Gasteiger partial charge in [0, 0.05) is 0 Å². The van der Waals surface area contributed by atoms with Gasteiger partial charge in [-0.25, -0.2) is 0 Å². The molecule has 0 saturated carbocycles. The summed E-state index contributed by atoms with van der Waals surface area (Å²) in [5.41, 5.74) is 0. The molecule has 1 heteroatoms. The van der Waals surface area contributed by atoms with Crippen LogP contribution in [-0.2, 0) is 0 Å². The van der Waals surface area contributed by atoms with Crippen LogP contribution in [-0.4, -0.2) is 13.3 Å². The molecule has 0 radical (unpaired) electrons. The van der Waals surface area contributed by atoms with Crippen LogP contribution < -0.4 is 13.2 Å². The molecule has 0 saturated heterocycles. The number of hydrogen-bond donors (Lipinski definition) is 0. The molecular formula is C23H20Ge. The fourth-order valence-corrected chi connectivity index (χ4v) is 14.6. The first-order valence-electron chi connectivity index (χ1n) is 8.44. The molecule has 0 heterocycles. The van der Waals surface area contributed by atoms with Crippen molar-refractivity contribution in [2.24, 2.45) is 0 Å². The summed E-state index contributed by atoms with van der Waals surface area (Å²) in [5.74, 6) is 0. The van der Waals surface area contributed by atoms with Crippen molar-refractivity contribution in [1.82, 2.24) is 0 Å². The van der Waals surface area contributed by atoms with Crippen LogP contribution in [0.2, 0.25) is 4.75 Å². The second-order valence-corrected chi connectivity index (χ2v) is 14.6. The van der Waals surface area contributed by atoms with Crippen LogP contribution in [0.4, 0.5) is 0 Å². The van der Waals surface area contributed by atoms with Crippen molar-refractivity contribution in [2.75, 3.05) is 0 Å². The Morgan fingerprint density at radius 2 is 0.792 bits per heavy atom. The van der Waals surface area contributed by atoms with Crippen LogP contribution in [0.5, 0.6) is 0 Å². The third-order valence-corrected chi connectivity index (χ3v) is 15.7. The second kappa shape index (κ2) is 6.66. The summed E-state index contributed by atoms with van der Waals surface area (Å²) in [5, 5.41) is 0. The van der Waals surface area contributed by atoms with Crippen molar-refractivity contribution in [3.8, 4) is 0 Å². The zero-order valence-electron chi connectivity index (χ0n) is 13.5. The van der Waals surface area contributed by atoms with Crippen LogP contribution in [0.1, 0.15) is 0 Å². The molecule has 0 amide bonds. The summed E-state index contributed by atoms with van der Waals surface area (Å²) in [4.78, 5) is 0. The minimum absolute atomic E-state index is 0.484. The molecule has 0 aliphatic heterocycles. The van der Waals surface area contributed by atoms with Gasteiger partial charge in [-0.1, -0.05) is 0 Å². The third-order valence-electron chi connectivity index (χ3n) is 4.94. The third kappa shape index (κ3) is 2.48. The molecule has 1 aliphatic carbocycles. The van der Waals surface area contributed by atoms with Gasteiger partial charge in [0.05, 0.1) is 0 Å². The predicted octanol–water partition coefficient (Wildman–Crippen LogP) is 3.65. The first-order chi connectivity index (χ1) is 11.9. The van der Waals surface area contributed by atoms with Gasteiger partial charge in [0.1, 0.15) is 0 Å². The molecule has 24 heavy (non-hydrogen) atoms. The van der Waals surface area contributed by atoms with Crippen molar-refractivity contribution in [3.63, 3.8) is 0 Å². The topological polar surface area (TPSA) is 0 Å². The van der Waals surface area contributed by atoms with Gasteiger partial charge < -0.3 is 0 Å². The minimum atomic E-state index is -2.85. The Morgan fingerprint density at radius 1 is 0.458 bits per heavy atom. The van der Waals surface area contributed by atoms with E-state index in [2.05, 4.69) is 115 Å². The van der Waals surface area contributed by atoms with Gasteiger partial charge in [0.25, 0.3) is 0 Å². The van der Waals surface area contributed by atoms with Crippen molar-refractivity contribution >= 4 is 26.5 Å². The molecule has 0 spiro atoms. The number of rotatable bonds is 4. The molecule has 4 rings (SSSR count). The monoisotopic (exact) mass is 370 g/mol. The molecule has 0 nitrogen and oxygen atoms in total. The van der Waals surface area contributed by atoms with Crippen LogP contribution in [0.3, 0.4) is 0 Å². The average Bonchev–Trinajstić information content (AvgIpc) is 3.20. The molecule has 1 aliphatic rings.